The average Bonchev–Trinajstić information content (AvgIpc) is 2.87. The van der Waals surface area contributed by atoms with E-state index in [1.807, 2.05) is 0 Å². The normalized spacial score (nSPS) is 15.7. The highest BCUT2D eigenvalue weighted by atomic mass is 16.6. The second kappa shape index (κ2) is 2.69. The summed E-state index contributed by atoms with van der Waals surface area (Å²) >= 11 is 0. The highest BCUT2D eigenvalue weighted by Gasteiger charge is 2.29. The van der Waals surface area contributed by atoms with E-state index in [0.29, 0.717) is 5.92 Å². The average molecular weight is 179 g/mol. The van der Waals surface area contributed by atoms with Crippen molar-refractivity contribution >= 4 is 11.4 Å². The lowest BCUT2D eigenvalue weighted by atomic mass is 10.1. The van der Waals surface area contributed by atoms with Gasteiger partial charge in [-0.1, -0.05) is 0 Å². The Morgan fingerprint density at radius 1 is 1.54 bits per heavy atom. The van der Waals surface area contributed by atoms with Gasteiger partial charge in [0, 0.05) is 11.8 Å². The lowest BCUT2D eigenvalue weighted by Crippen LogP contribution is -2.00. The highest BCUT2D eigenvalue weighted by Crippen LogP contribution is 2.44. The Kier molecular flexibility index (Phi) is 1.65. The minimum atomic E-state index is -0.492. The third kappa shape index (κ3) is 1.32. The first-order valence-corrected chi connectivity index (χ1v) is 4.08. The molecule has 1 heterocycles. The number of hydrogen-bond donors (Lipinski definition) is 1. The predicted molar refractivity (Wildman–Crippen MR) is 47.3 cm³/mol. The van der Waals surface area contributed by atoms with E-state index in [4.69, 9.17) is 5.73 Å². The Bertz CT molecular complexity index is 360. The molecule has 2 rings (SSSR count). The monoisotopic (exact) mass is 179 g/mol. The molecule has 1 fully saturated rings. The molecule has 0 saturated heterocycles. The van der Waals surface area contributed by atoms with E-state index in [-0.39, 0.29) is 11.4 Å². The summed E-state index contributed by atoms with van der Waals surface area (Å²) in [6.45, 7) is 0. The molecule has 0 radical (unpaired) electrons. The van der Waals surface area contributed by atoms with Gasteiger partial charge in [0.2, 0.25) is 0 Å². The second-order valence-corrected chi connectivity index (χ2v) is 3.19. The molecule has 1 saturated carbocycles. The SMILES string of the molecule is Nc1c(C2CC2)cncc1[N+](=O)[O-]. The minimum Gasteiger partial charge on any atom is -0.393 e. The molecule has 5 heteroatoms. The largest absolute Gasteiger partial charge is 0.393 e. The zero-order chi connectivity index (χ0) is 9.42. The summed E-state index contributed by atoms with van der Waals surface area (Å²) < 4.78 is 0. The van der Waals surface area contributed by atoms with Crippen LogP contribution >= 0.6 is 0 Å². The smallest absolute Gasteiger partial charge is 0.310 e. The minimum absolute atomic E-state index is 0.0793. The van der Waals surface area contributed by atoms with Gasteiger partial charge in [0.15, 0.2) is 0 Å². The highest BCUT2D eigenvalue weighted by molar-refractivity contribution is 5.63. The van der Waals surface area contributed by atoms with Gasteiger partial charge in [0.05, 0.1) is 4.92 Å². The Hall–Kier alpha value is -1.65. The van der Waals surface area contributed by atoms with Gasteiger partial charge in [-0.25, -0.2) is 0 Å². The summed E-state index contributed by atoms with van der Waals surface area (Å²) in [6, 6.07) is 0. The fourth-order valence-corrected chi connectivity index (χ4v) is 1.34. The Morgan fingerprint density at radius 2 is 2.23 bits per heavy atom. The zero-order valence-corrected chi connectivity index (χ0v) is 6.93. The first kappa shape index (κ1) is 7.97. The van der Waals surface area contributed by atoms with E-state index in [1.165, 1.54) is 6.20 Å². The van der Waals surface area contributed by atoms with Crippen LogP contribution in [0.1, 0.15) is 24.3 Å². The van der Waals surface area contributed by atoms with Gasteiger partial charge in [-0.3, -0.25) is 15.1 Å². The molecule has 0 aliphatic heterocycles. The summed E-state index contributed by atoms with van der Waals surface area (Å²) in [5.74, 6) is 0.396. The van der Waals surface area contributed by atoms with E-state index in [2.05, 4.69) is 4.98 Å². The van der Waals surface area contributed by atoms with E-state index in [9.17, 15) is 10.1 Å². The van der Waals surface area contributed by atoms with Crippen LogP contribution in [-0.4, -0.2) is 9.91 Å². The van der Waals surface area contributed by atoms with Crippen molar-refractivity contribution in [1.29, 1.82) is 0 Å². The Labute approximate surface area is 74.7 Å². The Morgan fingerprint density at radius 3 is 2.77 bits per heavy atom. The molecule has 0 amide bonds. The van der Waals surface area contributed by atoms with Gasteiger partial charge in [0.25, 0.3) is 0 Å². The van der Waals surface area contributed by atoms with Gasteiger partial charge >= 0.3 is 5.69 Å². The topological polar surface area (TPSA) is 82.0 Å². The molecule has 0 atom stereocenters. The van der Waals surface area contributed by atoms with Crippen molar-refractivity contribution in [3.63, 3.8) is 0 Å². The molecule has 1 aliphatic rings. The Balaban J connectivity index is 2.47. The van der Waals surface area contributed by atoms with Crippen molar-refractivity contribution in [3.05, 3.63) is 28.1 Å². The number of nitrogens with two attached hydrogens (primary N) is 1. The molecular formula is C8H9N3O2. The maximum absolute atomic E-state index is 10.5. The molecule has 5 nitrogen and oxygen atoms in total. The molecule has 1 aromatic rings. The number of nitrogen functional groups attached to an aromatic ring is 1. The molecule has 0 unspecified atom stereocenters. The van der Waals surface area contributed by atoms with Crippen molar-refractivity contribution in [2.75, 3.05) is 5.73 Å². The van der Waals surface area contributed by atoms with Gasteiger partial charge in [-0.15, -0.1) is 0 Å². The first-order valence-electron chi connectivity index (χ1n) is 4.08. The van der Waals surface area contributed by atoms with Crippen LogP contribution in [0.3, 0.4) is 0 Å². The van der Waals surface area contributed by atoms with E-state index in [1.54, 1.807) is 6.20 Å². The van der Waals surface area contributed by atoms with Gasteiger partial charge < -0.3 is 5.73 Å². The number of anilines is 1. The molecular weight excluding hydrogens is 170 g/mol. The summed E-state index contributed by atoms with van der Waals surface area (Å²) in [5, 5.41) is 10.5. The van der Waals surface area contributed by atoms with Gasteiger partial charge in [0.1, 0.15) is 11.9 Å². The number of hydrogen-bond acceptors (Lipinski definition) is 4. The predicted octanol–water partition coefficient (Wildman–Crippen LogP) is 1.45. The fourth-order valence-electron chi connectivity index (χ4n) is 1.34. The molecule has 0 spiro atoms. The summed E-state index contributed by atoms with van der Waals surface area (Å²) in [7, 11) is 0. The molecule has 2 N–H and O–H groups in total. The molecule has 13 heavy (non-hydrogen) atoms. The molecule has 68 valence electrons. The number of pyridine rings is 1. The van der Waals surface area contributed by atoms with Crippen LogP contribution < -0.4 is 5.73 Å². The maximum atomic E-state index is 10.5. The van der Waals surface area contributed by atoms with Crippen LogP contribution in [0.25, 0.3) is 0 Å². The van der Waals surface area contributed by atoms with Crippen LogP contribution in [-0.2, 0) is 0 Å². The third-order valence-electron chi connectivity index (χ3n) is 2.21. The lowest BCUT2D eigenvalue weighted by Gasteiger charge is -2.02. The van der Waals surface area contributed by atoms with Crippen molar-refractivity contribution in [2.45, 2.75) is 18.8 Å². The number of rotatable bonds is 2. The summed E-state index contributed by atoms with van der Waals surface area (Å²) in [5.41, 5.74) is 6.67. The van der Waals surface area contributed by atoms with Crippen LogP contribution in [0.5, 0.6) is 0 Å². The van der Waals surface area contributed by atoms with Crippen LogP contribution in [0.2, 0.25) is 0 Å². The number of aromatic nitrogens is 1. The number of nitrogens with zero attached hydrogens (tertiary/aromatic N) is 2. The summed E-state index contributed by atoms with van der Waals surface area (Å²) in [4.78, 5) is 13.8. The lowest BCUT2D eigenvalue weighted by molar-refractivity contribution is -0.384. The van der Waals surface area contributed by atoms with Gasteiger partial charge in [-0.05, 0) is 18.8 Å². The quantitative estimate of drug-likeness (QED) is 0.550. The zero-order valence-electron chi connectivity index (χ0n) is 6.93. The maximum Gasteiger partial charge on any atom is 0.310 e. The summed E-state index contributed by atoms with van der Waals surface area (Å²) in [6.07, 6.45) is 4.95. The molecule has 1 aromatic heterocycles. The van der Waals surface area contributed by atoms with Crippen molar-refractivity contribution < 1.29 is 4.92 Å². The van der Waals surface area contributed by atoms with Crippen molar-refractivity contribution in [2.24, 2.45) is 0 Å². The molecule has 0 aromatic carbocycles. The van der Waals surface area contributed by atoms with Crippen LogP contribution in [0.4, 0.5) is 11.4 Å². The van der Waals surface area contributed by atoms with Crippen LogP contribution in [0.15, 0.2) is 12.4 Å². The number of nitro groups is 1. The third-order valence-corrected chi connectivity index (χ3v) is 2.21. The van der Waals surface area contributed by atoms with Crippen molar-refractivity contribution in [3.8, 4) is 0 Å². The van der Waals surface area contributed by atoms with E-state index >= 15 is 0 Å². The van der Waals surface area contributed by atoms with E-state index < -0.39 is 4.92 Å². The molecule has 0 bridgehead atoms. The van der Waals surface area contributed by atoms with Crippen LogP contribution in [0, 0.1) is 10.1 Å². The first-order chi connectivity index (χ1) is 6.20. The van der Waals surface area contributed by atoms with E-state index in [0.717, 1.165) is 18.4 Å². The second-order valence-electron chi connectivity index (χ2n) is 3.19. The fraction of sp³-hybridized carbons (Fsp3) is 0.375. The molecule has 1 aliphatic carbocycles. The van der Waals surface area contributed by atoms with Gasteiger partial charge in [-0.2, -0.15) is 0 Å². The van der Waals surface area contributed by atoms with Crippen molar-refractivity contribution in [1.82, 2.24) is 4.98 Å². The standard InChI is InChI=1S/C8H9N3O2/c9-8-6(5-1-2-5)3-10-4-7(8)11(12)13/h3-5H,1-2H2,(H2,9,10).